The third-order valence-electron chi connectivity index (χ3n) is 3.27. The van der Waals surface area contributed by atoms with Crippen molar-refractivity contribution < 1.29 is 28.5 Å². The molecule has 0 aliphatic carbocycles. The number of nitrogens with zero attached hydrogens (tertiary/aromatic N) is 1. The lowest BCUT2D eigenvalue weighted by atomic mass is 10.2. The van der Waals surface area contributed by atoms with Crippen molar-refractivity contribution in [2.75, 3.05) is 34.9 Å². The number of ether oxygens (including phenoxy) is 1. The average molecular weight is 362 g/mol. The summed E-state index contributed by atoms with van der Waals surface area (Å²) in [4.78, 5) is 12.4. The highest BCUT2D eigenvalue weighted by Gasteiger charge is 2.38. The molecule has 0 aromatic heterocycles. The van der Waals surface area contributed by atoms with Gasteiger partial charge >= 0.3 is 6.09 Å². The molecule has 0 radical (unpaired) electrons. The fourth-order valence-corrected chi connectivity index (χ4v) is 3.09. The van der Waals surface area contributed by atoms with Gasteiger partial charge in [0.1, 0.15) is 5.69 Å². The number of nitrogens with one attached hydrogen (secondary N) is 1. The fourth-order valence-electron chi connectivity index (χ4n) is 2.20. The van der Waals surface area contributed by atoms with Crippen LogP contribution in [0.25, 0.3) is 0 Å². The van der Waals surface area contributed by atoms with Gasteiger partial charge in [-0.2, -0.15) is 11.8 Å². The summed E-state index contributed by atoms with van der Waals surface area (Å²) in [6, 6.07) is 1.82. The third-order valence-corrected chi connectivity index (χ3v) is 4.33. The zero-order valence-corrected chi connectivity index (χ0v) is 14.2. The van der Waals surface area contributed by atoms with E-state index < -0.39 is 29.3 Å². The van der Waals surface area contributed by atoms with Crippen LogP contribution in [0, 0.1) is 17.6 Å². The van der Waals surface area contributed by atoms with E-state index in [0.29, 0.717) is 5.75 Å². The number of benzene rings is 1. The molecule has 1 fully saturated rings. The molecule has 3 N–H and O–H groups in total. The first kappa shape index (κ1) is 18.8. The van der Waals surface area contributed by atoms with Crippen LogP contribution in [0.3, 0.4) is 0 Å². The Labute approximate surface area is 142 Å². The molecule has 9 heteroatoms. The summed E-state index contributed by atoms with van der Waals surface area (Å²) in [6.07, 6.45) is -0.816. The van der Waals surface area contributed by atoms with Crippen molar-refractivity contribution in [2.24, 2.45) is 5.92 Å². The zero-order chi connectivity index (χ0) is 17.9. The van der Waals surface area contributed by atoms with Crippen molar-refractivity contribution in [1.29, 1.82) is 0 Å². The molecule has 1 aliphatic heterocycles. The summed E-state index contributed by atoms with van der Waals surface area (Å²) in [6.45, 7) is 3.97. The van der Waals surface area contributed by atoms with E-state index in [-0.39, 0.29) is 30.5 Å². The molecule has 134 valence electrons. The summed E-state index contributed by atoms with van der Waals surface area (Å²) in [5, 5.41) is 22.1. The average Bonchev–Trinajstić information content (AvgIpc) is 2.46. The second-order valence-corrected chi connectivity index (χ2v) is 6.99. The van der Waals surface area contributed by atoms with E-state index in [1.807, 2.05) is 13.8 Å². The van der Waals surface area contributed by atoms with Crippen LogP contribution in [-0.2, 0) is 4.74 Å². The lowest BCUT2D eigenvalue weighted by Crippen LogP contribution is -2.55. The minimum Gasteiger partial charge on any atom is -0.449 e. The molecule has 0 unspecified atom stereocenters. The predicted molar refractivity (Wildman–Crippen MR) is 88.0 cm³/mol. The second kappa shape index (κ2) is 7.54. The maximum absolute atomic E-state index is 14.3. The molecule has 0 bridgehead atoms. The summed E-state index contributed by atoms with van der Waals surface area (Å²) >= 11 is 1.27. The number of hydrogen-bond acceptors (Lipinski definition) is 6. The van der Waals surface area contributed by atoms with Crippen molar-refractivity contribution in [1.82, 2.24) is 0 Å². The van der Waals surface area contributed by atoms with Crippen LogP contribution in [0.4, 0.5) is 25.0 Å². The lowest BCUT2D eigenvalue weighted by molar-refractivity contribution is -0.141. The Morgan fingerprint density at radius 3 is 2.58 bits per heavy atom. The van der Waals surface area contributed by atoms with E-state index in [1.165, 1.54) is 11.8 Å². The van der Waals surface area contributed by atoms with Crippen LogP contribution in [0.1, 0.15) is 13.8 Å². The highest BCUT2D eigenvalue weighted by molar-refractivity contribution is 7.99. The zero-order valence-electron chi connectivity index (χ0n) is 13.4. The van der Waals surface area contributed by atoms with Gasteiger partial charge < -0.3 is 19.8 Å². The maximum Gasteiger partial charge on any atom is 0.411 e. The maximum atomic E-state index is 14.3. The molecule has 1 aromatic carbocycles. The number of halogens is 2. The Morgan fingerprint density at radius 2 is 2.04 bits per heavy atom. The van der Waals surface area contributed by atoms with Crippen LogP contribution >= 0.6 is 11.8 Å². The Bertz CT molecular complexity index is 590. The lowest BCUT2D eigenvalue weighted by Gasteiger charge is -2.40. The molecule has 1 aliphatic rings. The van der Waals surface area contributed by atoms with E-state index in [2.05, 4.69) is 5.32 Å². The highest BCUT2D eigenvalue weighted by atomic mass is 32.2. The van der Waals surface area contributed by atoms with Crippen LogP contribution in [0.15, 0.2) is 12.1 Å². The Balaban J connectivity index is 2.18. The monoisotopic (exact) mass is 362 g/mol. The Kier molecular flexibility index (Phi) is 5.89. The van der Waals surface area contributed by atoms with Gasteiger partial charge in [0.05, 0.1) is 12.4 Å². The standard InChI is InChI=1S/C15H20F2N2O4S/c1-9(2)7-23-14(20)18-10-5-11(16)13(12(17)6-10)19-3-4-24-8-15(19,21)22/h5-6,9,21-22H,3-4,7-8H2,1-2H3,(H,18,20). The molecule has 6 nitrogen and oxygen atoms in total. The molecular weight excluding hydrogens is 342 g/mol. The van der Waals surface area contributed by atoms with Crippen molar-refractivity contribution in [3.63, 3.8) is 0 Å². The van der Waals surface area contributed by atoms with Gasteiger partial charge in [0.25, 0.3) is 5.91 Å². The largest absolute Gasteiger partial charge is 0.449 e. The van der Waals surface area contributed by atoms with Gasteiger partial charge in [0, 0.05) is 18.0 Å². The van der Waals surface area contributed by atoms with E-state index >= 15 is 0 Å². The number of aliphatic hydroxyl groups is 2. The number of rotatable bonds is 4. The van der Waals surface area contributed by atoms with Gasteiger partial charge in [0.2, 0.25) is 0 Å². The first-order valence-electron chi connectivity index (χ1n) is 7.43. The third kappa shape index (κ3) is 4.49. The number of amides is 1. The summed E-state index contributed by atoms with van der Waals surface area (Å²) < 4.78 is 33.5. The quantitative estimate of drug-likeness (QED) is 0.714. The van der Waals surface area contributed by atoms with E-state index in [0.717, 1.165) is 17.0 Å². The fraction of sp³-hybridized carbons (Fsp3) is 0.533. The van der Waals surface area contributed by atoms with Crippen LogP contribution < -0.4 is 10.2 Å². The summed E-state index contributed by atoms with van der Waals surface area (Å²) in [5.74, 6) is -3.81. The Morgan fingerprint density at radius 1 is 1.42 bits per heavy atom. The molecule has 0 atom stereocenters. The number of carbonyl (C=O) groups excluding carboxylic acids is 1. The summed E-state index contributed by atoms with van der Waals surface area (Å²) in [7, 11) is 0. The Hall–Kier alpha value is -1.58. The summed E-state index contributed by atoms with van der Waals surface area (Å²) in [5.41, 5.74) is -0.656. The van der Waals surface area contributed by atoms with Crippen LogP contribution in [-0.4, -0.2) is 46.9 Å². The van der Waals surface area contributed by atoms with Crippen molar-refractivity contribution in [2.45, 2.75) is 19.8 Å². The van der Waals surface area contributed by atoms with Crippen molar-refractivity contribution in [3.8, 4) is 0 Å². The number of hydrogen-bond donors (Lipinski definition) is 3. The van der Waals surface area contributed by atoms with Gasteiger partial charge in [-0.15, -0.1) is 0 Å². The molecule has 1 heterocycles. The van der Waals surface area contributed by atoms with E-state index in [1.54, 1.807) is 0 Å². The second-order valence-electron chi connectivity index (χ2n) is 5.88. The van der Waals surface area contributed by atoms with E-state index in [4.69, 9.17) is 4.74 Å². The van der Waals surface area contributed by atoms with Crippen molar-refractivity contribution >= 4 is 29.2 Å². The number of anilines is 2. The molecule has 2 rings (SSSR count). The van der Waals surface area contributed by atoms with Crippen LogP contribution in [0.5, 0.6) is 0 Å². The predicted octanol–water partition coefficient (Wildman–Crippen LogP) is 2.36. The highest BCUT2D eigenvalue weighted by Crippen LogP contribution is 2.34. The molecule has 1 aromatic rings. The smallest absolute Gasteiger partial charge is 0.411 e. The number of thioether (sulfide) groups is 1. The van der Waals surface area contributed by atoms with E-state index in [9.17, 15) is 23.8 Å². The topological polar surface area (TPSA) is 82.0 Å². The first-order chi connectivity index (χ1) is 11.2. The van der Waals surface area contributed by atoms with Crippen molar-refractivity contribution in [3.05, 3.63) is 23.8 Å². The molecule has 0 spiro atoms. The van der Waals surface area contributed by atoms with Crippen LogP contribution in [0.2, 0.25) is 0 Å². The SMILES string of the molecule is CC(C)COC(=O)Nc1cc(F)c(N2CCSCC2(O)O)c(F)c1. The van der Waals surface area contributed by atoms with Gasteiger partial charge in [-0.05, 0) is 18.1 Å². The minimum atomic E-state index is -2.34. The van der Waals surface area contributed by atoms with Gasteiger partial charge in [-0.25, -0.2) is 13.6 Å². The van der Waals surface area contributed by atoms with Gasteiger partial charge in [-0.3, -0.25) is 5.32 Å². The molecule has 1 amide bonds. The normalized spacial score (nSPS) is 17.0. The van der Waals surface area contributed by atoms with Gasteiger partial charge in [0.15, 0.2) is 11.6 Å². The van der Waals surface area contributed by atoms with Gasteiger partial charge in [-0.1, -0.05) is 13.8 Å². The number of carbonyl (C=O) groups is 1. The molecule has 0 saturated carbocycles. The first-order valence-corrected chi connectivity index (χ1v) is 8.59. The molecular formula is C15H20F2N2O4S. The minimum absolute atomic E-state index is 0.0781. The molecule has 1 saturated heterocycles. The molecule has 24 heavy (non-hydrogen) atoms.